The summed E-state index contributed by atoms with van der Waals surface area (Å²) in [6.07, 6.45) is 0. The van der Waals surface area contributed by atoms with E-state index in [9.17, 15) is 0 Å². The average Bonchev–Trinajstić information content (AvgIpc) is 1.10. The van der Waals surface area contributed by atoms with Crippen molar-refractivity contribution in [2.24, 2.45) is 0 Å². The Labute approximate surface area is 588 Å². The number of hydrogen-bond donors (Lipinski definition) is 0. The fraction of sp³-hybridized carbons (Fsp3) is 0. The maximum absolute atomic E-state index is 7.20. The highest BCUT2D eigenvalue weighted by Crippen LogP contribution is 2.53. The van der Waals surface area contributed by atoms with E-state index in [1.807, 2.05) is 0 Å². The smallest absolute Gasteiger partial charge is 0.143 e. The molecule has 2 heteroatoms. The van der Waals surface area contributed by atoms with Gasteiger partial charge < -0.3 is 8.83 Å². The largest absolute Gasteiger partial charge is 0.456 e. The van der Waals surface area contributed by atoms with Gasteiger partial charge in [0.05, 0.1) is 0 Å². The Bertz CT molecular complexity index is 6950. The van der Waals surface area contributed by atoms with Crippen molar-refractivity contribution < 1.29 is 8.83 Å². The molecule has 0 amide bonds. The molecule has 21 rings (SSSR count). The third-order valence-electron chi connectivity index (χ3n) is 21.6. The Balaban J connectivity index is 0.732. The summed E-state index contributed by atoms with van der Waals surface area (Å²) in [5, 5.41) is 21.1. The Morgan fingerprint density at radius 1 is 0.137 bits per heavy atom. The number of para-hydroxylation sites is 2. The molecule has 2 nitrogen and oxygen atoms in total. The van der Waals surface area contributed by atoms with Crippen molar-refractivity contribution in [1.29, 1.82) is 0 Å². The first kappa shape index (κ1) is 57.6. The standard InChI is InChI=1S/C100H60O2/c1-2-25-63(26-3-1)88-60-95-91(74-32-20-21-44-93(74)101-95)59-92(88)99-82-40-18-16-38-80(82)98(81-39-17-19-41-83(81)99)84-51-49-66(56-87(84)69-48-46-62-24-5-7-28-65(62)54-69)71-55-67-29-8-9-31-73(67)89(58-71)85-42-22-43-86-90-57-70(50-52-94(90)102-100(85)86)96-76-34-12-14-36-78(76)97(79-37-15-13-35-77(79)96)75-33-11-10-30-72(75)68-47-45-61-23-4-6-27-64(61)53-68/h1-60H. The van der Waals surface area contributed by atoms with Gasteiger partial charge in [0.25, 0.3) is 0 Å². The molecule has 0 saturated heterocycles. The summed E-state index contributed by atoms with van der Waals surface area (Å²) in [5.41, 5.74) is 24.4. The van der Waals surface area contributed by atoms with E-state index in [1.54, 1.807) is 0 Å². The first-order valence-electron chi connectivity index (χ1n) is 35.2. The van der Waals surface area contributed by atoms with Crippen LogP contribution in [0.2, 0.25) is 0 Å². The van der Waals surface area contributed by atoms with Crippen LogP contribution < -0.4 is 0 Å². The van der Waals surface area contributed by atoms with E-state index in [-0.39, 0.29) is 0 Å². The van der Waals surface area contributed by atoms with Crippen LogP contribution in [-0.2, 0) is 0 Å². The van der Waals surface area contributed by atoms with E-state index < -0.39 is 0 Å². The minimum atomic E-state index is 0.851. The Morgan fingerprint density at radius 3 is 1.20 bits per heavy atom. The molecule has 472 valence electrons. The van der Waals surface area contributed by atoms with E-state index in [0.29, 0.717) is 0 Å². The maximum Gasteiger partial charge on any atom is 0.143 e. The molecule has 0 N–H and O–H groups in total. The van der Waals surface area contributed by atoms with Crippen molar-refractivity contribution >= 4 is 119 Å². The van der Waals surface area contributed by atoms with Crippen LogP contribution in [0.25, 0.3) is 219 Å². The molecule has 0 radical (unpaired) electrons. The van der Waals surface area contributed by atoms with Gasteiger partial charge in [-0.15, -0.1) is 0 Å². The summed E-state index contributed by atoms with van der Waals surface area (Å²) in [4.78, 5) is 0. The van der Waals surface area contributed by atoms with Gasteiger partial charge in [0.15, 0.2) is 0 Å². The molecule has 0 saturated carbocycles. The molecule has 0 atom stereocenters. The van der Waals surface area contributed by atoms with Gasteiger partial charge in [0.2, 0.25) is 0 Å². The summed E-state index contributed by atoms with van der Waals surface area (Å²) in [7, 11) is 0. The van der Waals surface area contributed by atoms with Gasteiger partial charge in [0.1, 0.15) is 22.3 Å². The minimum absolute atomic E-state index is 0.851. The SMILES string of the molecule is c1ccc(-c2cc3oc4ccccc4c3cc2-c2c3ccccc3c(-c3ccc(-c4cc(-c5cccc6c5oc5ccc(-c7c8ccccc8c(-c8ccccc8-c8ccc9ccccc9c8)c8ccccc78)cc56)c5ccccc5c4)cc3-c3ccc4ccccc4c3)c3ccccc23)cc1. The van der Waals surface area contributed by atoms with E-state index in [4.69, 9.17) is 8.83 Å². The molecule has 19 aromatic carbocycles. The monoisotopic (exact) mass is 1290 g/mol. The highest BCUT2D eigenvalue weighted by molar-refractivity contribution is 6.26. The van der Waals surface area contributed by atoms with Crippen LogP contribution in [-0.4, -0.2) is 0 Å². The van der Waals surface area contributed by atoms with E-state index >= 15 is 0 Å². The molecule has 0 aliphatic carbocycles. The summed E-state index contributed by atoms with van der Waals surface area (Å²) in [6.45, 7) is 0. The van der Waals surface area contributed by atoms with Crippen molar-refractivity contribution in [3.8, 4) is 100 Å². The van der Waals surface area contributed by atoms with Crippen LogP contribution >= 0.6 is 0 Å². The van der Waals surface area contributed by atoms with Gasteiger partial charge >= 0.3 is 0 Å². The van der Waals surface area contributed by atoms with Crippen molar-refractivity contribution in [1.82, 2.24) is 0 Å². The van der Waals surface area contributed by atoms with Gasteiger partial charge in [-0.3, -0.25) is 0 Å². The Morgan fingerprint density at radius 2 is 0.559 bits per heavy atom. The third-order valence-corrected chi connectivity index (χ3v) is 21.6. The molecule has 0 spiro atoms. The van der Waals surface area contributed by atoms with Crippen LogP contribution in [0.4, 0.5) is 0 Å². The Hall–Kier alpha value is -13.4. The first-order valence-corrected chi connectivity index (χ1v) is 35.2. The number of hydrogen-bond acceptors (Lipinski definition) is 2. The second kappa shape index (κ2) is 23.1. The molecule has 0 fully saturated rings. The molecule has 0 aliphatic rings. The molecule has 0 aliphatic heterocycles. The van der Waals surface area contributed by atoms with Gasteiger partial charge in [-0.25, -0.2) is 0 Å². The van der Waals surface area contributed by atoms with Crippen LogP contribution in [0.5, 0.6) is 0 Å². The van der Waals surface area contributed by atoms with E-state index in [0.717, 1.165) is 105 Å². The zero-order chi connectivity index (χ0) is 66.9. The van der Waals surface area contributed by atoms with Crippen LogP contribution in [0, 0.1) is 0 Å². The predicted molar refractivity (Wildman–Crippen MR) is 432 cm³/mol. The van der Waals surface area contributed by atoms with Crippen molar-refractivity contribution in [3.63, 3.8) is 0 Å². The summed E-state index contributed by atoms with van der Waals surface area (Å²) in [5.74, 6) is 0. The summed E-state index contributed by atoms with van der Waals surface area (Å²) in [6, 6.07) is 134. The normalized spacial score (nSPS) is 11.9. The first-order chi connectivity index (χ1) is 50.6. The molecular weight excluding hydrogens is 1230 g/mol. The highest BCUT2D eigenvalue weighted by Gasteiger charge is 2.26. The summed E-state index contributed by atoms with van der Waals surface area (Å²) < 4.78 is 13.8. The van der Waals surface area contributed by atoms with E-state index in [1.165, 1.54) is 115 Å². The van der Waals surface area contributed by atoms with Crippen molar-refractivity contribution in [3.05, 3.63) is 364 Å². The second-order valence-corrected chi connectivity index (χ2v) is 27.2. The quantitative estimate of drug-likeness (QED) is 0.135. The third kappa shape index (κ3) is 9.13. The topological polar surface area (TPSA) is 26.3 Å². The molecule has 102 heavy (non-hydrogen) atoms. The number of fused-ring (bicyclic) bond motifs is 13. The van der Waals surface area contributed by atoms with Gasteiger partial charge in [-0.2, -0.15) is 0 Å². The molecule has 0 bridgehead atoms. The lowest BCUT2D eigenvalue weighted by atomic mass is 9.81. The molecular formula is C100H60O2. The minimum Gasteiger partial charge on any atom is -0.456 e. The molecule has 21 aromatic rings. The van der Waals surface area contributed by atoms with Gasteiger partial charge in [-0.1, -0.05) is 303 Å². The fourth-order valence-electron chi connectivity index (χ4n) is 17.0. The van der Waals surface area contributed by atoms with Crippen molar-refractivity contribution in [2.45, 2.75) is 0 Å². The van der Waals surface area contributed by atoms with Crippen LogP contribution in [0.15, 0.2) is 373 Å². The summed E-state index contributed by atoms with van der Waals surface area (Å²) >= 11 is 0. The van der Waals surface area contributed by atoms with Crippen molar-refractivity contribution in [2.75, 3.05) is 0 Å². The van der Waals surface area contributed by atoms with Gasteiger partial charge in [0, 0.05) is 27.1 Å². The lowest BCUT2D eigenvalue weighted by Crippen LogP contribution is -1.95. The lowest BCUT2D eigenvalue weighted by molar-refractivity contribution is 0.669. The second-order valence-electron chi connectivity index (χ2n) is 27.2. The number of furan rings is 2. The molecule has 2 aromatic heterocycles. The average molecular weight is 1290 g/mol. The van der Waals surface area contributed by atoms with Crippen LogP contribution in [0.3, 0.4) is 0 Å². The van der Waals surface area contributed by atoms with E-state index in [2.05, 4.69) is 364 Å². The maximum atomic E-state index is 7.20. The fourth-order valence-corrected chi connectivity index (χ4v) is 17.0. The zero-order valence-corrected chi connectivity index (χ0v) is 55.5. The lowest BCUT2D eigenvalue weighted by Gasteiger charge is -2.22. The highest BCUT2D eigenvalue weighted by atomic mass is 16.3. The predicted octanol–water partition coefficient (Wildman–Crippen LogP) is 28.6. The van der Waals surface area contributed by atoms with Gasteiger partial charge in [-0.05, 0) is 231 Å². The molecule has 0 unspecified atom stereocenters. The van der Waals surface area contributed by atoms with Crippen LogP contribution in [0.1, 0.15) is 0 Å². The Kier molecular flexibility index (Phi) is 13.1. The number of benzene rings is 19. The zero-order valence-electron chi connectivity index (χ0n) is 55.5. The number of rotatable bonds is 9. The molecule has 2 heterocycles.